The molecule has 0 amide bonds. The molecule has 0 saturated carbocycles. The summed E-state index contributed by atoms with van der Waals surface area (Å²) in [4.78, 5) is -0.238. The first-order valence-electron chi connectivity index (χ1n) is 7.31. The molecule has 9 heteroatoms. The molecule has 0 unspecified atom stereocenters. The first-order chi connectivity index (χ1) is 11.8. The third kappa shape index (κ3) is 4.05. The van der Waals surface area contributed by atoms with Crippen molar-refractivity contribution in [3.8, 4) is 11.5 Å². The van der Waals surface area contributed by atoms with Crippen LogP contribution in [-0.2, 0) is 22.7 Å². The van der Waals surface area contributed by atoms with E-state index < -0.39 is 21.8 Å². The van der Waals surface area contributed by atoms with Gasteiger partial charge >= 0.3 is 6.18 Å². The van der Waals surface area contributed by atoms with Gasteiger partial charge in [-0.05, 0) is 42.0 Å². The van der Waals surface area contributed by atoms with Crippen LogP contribution in [0.15, 0.2) is 47.4 Å². The Morgan fingerprint density at radius 3 is 2.24 bits per heavy atom. The zero-order valence-electron chi connectivity index (χ0n) is 12.8. The molecule has 1 heterocycles. The zero-order valence-corrected chi connectivity index (χ0v) is 13.7. The van der Waals surface area contributed by atoms with Gasteiger partial charge in [0.05, 0.1) is 10.5 Å². The van der Waals surface area contributed by atoms with Crippen LogP contribution in [-0.4, -0.2) is 21.6 Å². The fraction of sp³-hybridized carbons (Fsp3) is 0.250. The number of nitrogens with one attached hydrogen (secondary N) is 1. The molecule has 2 aromatic carbocycles. The molecule has 5 nitrogen and oxygen atoms in total. The van der Waals surface area contributed by atoms with Crippen molar-refractivity contribution in [1.29, 1.82) is 0 Å². The van der Waals surface area contributed by atoms with E-state index in [2.05, 4.69) is 4.72 Å². The van der Waals surface area contributed by atoms with Gasteiger partial charge in [0.25, 0.3) is 0 Å². The normalized spacial score (nSPS) is 14.4. The quantitative estimate of drug-likeness (QED) is 0.895. The lowest BCUT2D eigenvalue weighted by molar-refractivity contribution is -0.137. The summed E-state index contributed by atoms with van der Waals surface area (Å²) in [7, 11) is -3.93. The van der Waals surface area contributed by atoms with Crippen molar-refractivity contribution in [1.82, 2.24) is 4.72 Å². The molecular weight excluding hydrogens is 359 g/mol. The van der Waals surface area contributed by atoms with Crippen LogP contribution in [0.5, 0.6) is 11.5 Å². The van der Waals surface area contributed by atoms with E-state index in [1.165, 1.54) is 0 Å². The molecule has 1 N–H and O–H groups in total. The molecule has 0 atom stereocenters. The van der Waals surface area contributed by atoms with E-state index in [1.807, 2.05) is 0 Å². The number of hydrogen-bond donors (Lipinski definition) is 1. The van der Waals surface area contributed by atoms with E-state index in [9.17, 15) is 21.6 Å². The summed E-state index contributed by atoms with van der Waals surface area (Å²) in [6.07, 6.45) is -4.51. The molecule has 3 rings (SSSR count). The zero-order chi connectivity index (χ0) is 18.1. The van der Waals surface area contributed by atoms with Crippen molar-refractivity contribution < 1.29 is 31.1 Å². The minimum Gasteiger partial charge on any atom is -0.486 e. The Balaban J connectivity index is 1.71. The second-order valence-corrected chi connectivity index (χ2v) is 7.09. The Hall–Kier alpha value is -2.26. The number of benzene rings is 2. The summed E-state index contributed by atoms with van der Waals surface area (Å²) in [6, 6.07) is 8.34. The molecule has 0 radical (unpaired) electrons. The van der Waals surface area contributed by atoms with Gasteiger partial charge in [-0.3, -0.25) is 0 Å². The topological polar surface area (TPSA) is 64.6 Å². The average Bonchev–Trinajstić information content (AvgIpc) is 2.59. The Bertz CT molecular complexity index is 864. The SMILES string of the molecule is O=S(=O)(NCc1ccc2c(c1)OCCO2)c1ccc(C(F)(F)F)cc1. The van der Waals surface area contributed by atoms with Crippen LogP contribution >= 0.6 is 0 Å². The highest BCUT2D eigenvalue weighted by molar-refractivity contribution is 7.89. The number of hydrogen-bond acceptors (Lipinski definition) is 4. The van der Waals surface area contributed by atoms with Gasteiger partial charge in [-0.25, -0.2) is 13.1 Å². The smallest absolute Gasteiger partial charge is 0.416 e. The van der Waals surface area contributed by atoms with E-state index in [0.717, 1.165) is 24.3 Å². The highest BCUT2D eigenvalue weighted by Gasteiger charge is 2.30. The van der Waals surface area contributed by atoms with E-state index in [4.69, 9.17) is 9.47 Å². The molecule has 0 aromatic heterocycles. The van der Waals surface area contributed by atoms with Gasteiger partial charge < -0.3 is 9.47 Å². The lowest BCUT2D eigenvalue weighted by Gasteiger charge is -2.19. The third-order valence-corrected chi connectivity index (χ3v) is 4.98. The largest absolute Gasteiger partial charge is 0.486 e. The molecular formula is C16H14F3NO4S. The van der Waals surface area contributed by atoms with Gasteiger partial charge in [0.2, 0.25) is 10.0 Å². The van der Waals surface area contributed by atoms with Crippen molar-refractivity contribution in [2.45, 2.75) is 17.6 Å². The maximum atomic E-state index is 12.5. The summed E-state index contributed by atoms with van der Waals surface area (Å²) in [5.74, 6) is 1.11. The lowest BCUT2D eigenvalue weighted by atomic mass is 10.2. The van der Waals surface area contributed by atoms with Crippen molar-refractivity contribution in [3.05, 3.63) is 53.6 Å². The summed E-state index contributed by atoms with van der Waals surface area (Å²) in [5, 5.41) is 0. The van der Waals surface area contributed by atoms with Crippen molar-refractivity contribution in [2.24, 2.45) is 0 Å². The fourth-order valence-corrected chi connectivity index (χ4v) is 3.30. The van der Waals surface area contributed by atoms with Crippen LogP contribution < -0.4 is 14.2 Å². The maximum absolute atomic E-state index is 12.5. The highest BCUT2D eigenvalue weighted by Crippen LogP contribution is 2.31. The summed E-state index contributed by atoms with van der Waals surface area (Å²) >= 11 is 0. The predicted molar refractivity (Wildman–Crippen MR) is 82.9 cm³/mol. The number of sulfonamides is 1. The standard InChI is InChI=1S/C16H14F3NO4S/c17-16(18,19)12-2-4-13(5-3-12)25(21,22)20-10-11-1-6-14-15(9-11)24-8-7-23-14/h1-6,9,20H,7-8,10H2. The Morgan fingerprint density at radius 2 is 1.60 bits per heavy atom. The Morgan fingerprint density at radius 1 is 0.960 bits per heavy atom. The van der Waals surface area contributed by atoms with Gasteiger partial charge in [0.15, 0.2) is 11.5 Å². The molecule has 0 spiro atoms. The molecule has 1 aliphatic heterocycles. The molecule has 2 aromatic rings. The molecule has 0 bridgehead atoms. The van der Waals surface area contributed by atoms with Gasteiger partial charge in [0, 0.05) is 6.54 Å². The second-order valence-electron chi connectivity index (χ2n) is 5.32. The molecule has 1 aliphatic rings. The van der Waals surface area contributed by atoms with Gasteiger partial charge in [-0.1, -0.05) is 6.07 Å². The number of rotatable bonds is 4. The van der Waals surface area contributed by atoms with Crippen LogP contribution in [0.2, 0.25) is 0 Å². The van der Waals surface area contributed by atoms with Crippen LogP contribution in [0.4, 0.5) is 13.2 Å². The van der Waals surface area contributed by atoms with Crippen molar-refractivity contribution >= 4 is 10.0 Å². The van der Waals surface area contributed by atoms with Gasteiger partial charge in [-0.15, -0.1) is 0 Å². The number of fused-ring (bicyclic) bond motifs is 1. The average molecular weight is 373 g/mol. The minimum atomic E-state index is -4.51. The summed E-state index contributed by atoms with van der Waals surface area (Å²) < 4.78 is 75.2. The fourth-order valence-electron chi connectivity index (χ4n) is 2.28. The van der Waals surface area contributed by atoms with Crippen LogP contribution in [0.3, 0.4) is 0 Å². The van der Waals surface area contributed by atoms with E-state index in [-0.39, 0.29) is 11.4 Å². The maximum Gasteiger partial charge on any atom is 0.416 e. The molecule has 0 saturated heterocycles. The number of ether oxygens (including phenoxy) is 2. The van der Waals surface area contributed by atoms with Gasteiger partial charge in [0.1, 0.15) is 13.2 Å². The van der Waals surface area contributed by atoms with E-state index >= 15 is 0 Å². The molecule has 25 heavy (non-hydrogen) atoms. The van der Waals surface area contributed by atoms with Crippen molar-refractivity contribution in [3.63, 3.8) is 0 Å². The first-order valence-corrected chi connectivity index (χ1v) is 8.79. The second kappa shape index (κ2) is 6.57. The van der Waals surface area contributed by atoms with Crippen molar-refractivity contribution in [2.75, 3.05) is 13.2 Å². The summed E-state index contributed by atoms with van der Waals surface area (Å²) in [6.45, 7) is 0.834. The molecule has 0 fully saturated rings. The first kappa shape index (κ1) is 17.6. The molecule has 134 valence electrons. The summed E-state index contributed by atoms with van der Waals surface area (Å²) in [5.41, 5.74) is -0.266. The van der Waals surface area contributed by atoms with Gasteiger partial charge in [-0.2, -0.15) is 13.2 Å². The highest BCUT2D eigenvalue weighted by atomic mass is 32.2. The lowest BCUT2D eigenvalue weighted by Crippen LogP contribution is -2.23. The Labute approximate surface area is 142 Å². The van der Waals surface area contributed by atoms with E-state index in [0.29, 0.717) is 30.3 Å². The Kier molecular flexibility index (Phi) is 4.61. The number of alkyl halides is 3. The molecule has 0 aliphatic carbocycles. The monoisotopic (exact) mass is 373 g/mol. The van der Waals surface area contributed by atoms with Crippen LogP contribution in [0.1, 0.15) is 11.1 Å². The third-order valence-electron chi connectivity index (χ3n) is 3.56. The van der Waals surface area contributed by atoms with Crippen LogP contribution in [0.25, 0.3) is 0 Å². The number of halogens is 3. The minimum absolute atomic E-state index is 0.0278. The van der Waals surface area contributed by atoms with E-state index in [1.54, 1.807) is 18.2 Å². The predicted octanol–water partition coefficient (Wildman–Crippen LogP) is 2.96. The van der Waals surface area contributed by atoms with Crippen LogP contribution in [0, 0.1) is 0 Å².